The van der Waals surface area contributed by atoms with Gasteiger partial charge in [-0.1, -0.05) is 0 Å². The molecule has 6 nitrogen and oxygen atoms in total. The Labute approximate surface area is 166 Å². The highest BCUT2D eigenvalue weighted by Gasteiger charge is 2.20. The van der Waals surface area contributed by atoms with E-state index in [-0.39, 0.29) is 5.56 Å². The van der Waals surface area contributed by atoms with Crippen LogP contribution in [0.25, 0.3) is 5.69 Å². The van der Waals surface area contributed by atoms with E-state index in [1.807, 2.05) is 19.1 Å². The van der Waals surface area contributed by atoms with Gasteiger partial charge < -0.3 is 4.74 Å². The minimum Gasteiger partial charge on any atom is -0.497 e. The molecule has 0 fully saturated rings. The molecule has 0 radical (unpaired) electrons. The second-order valence-electron chi connectivity index (χ2n) is 6.75. The number of hydrogen-bond donors (Lipinski definition) is 1. The van der Waals surface area contributed by atoms with Crippen molar-refractivity contribution in [3.05, 3.63) is 61.9 Å². The van der Waals surface area contributed by atoms with Crippen LogP contribution < -0.4 is 10.3 Å². The minimum absolute atomic E-state index is 0.175. The molecule has 0 saturated carbocycles. The number of hydrogen-bond acceptors (Lipinski definition) is 5. The second kappa shape index (κ2) is 7.49. The van der Waals surface area contributed by atoms with E-state index in [9.17, 15) is 10.1 Å². The fraction of sp³-hybridized carbons (Fsp3) is 0.286. The lowest BCUT2D eigenvalue weighted by Crippen LogP contribution is -2.17. The first-order valence-corrected chi connectivity index (χ1v) is 9.98. The number of benzene rings is 1. The summed E-state index contributed by atoms with van der Waals surface area (Å²) in [5.74, 6) is 0.729. The Bertz CT molecular complexity index is 1140. The van der Waals surface area contributed by atoms with Gasteiger partial charge >= 0.3 is 0 Å². The second-order valence-corrected chi connectivity index (χ2v) is 7.83. The molecular weight excluding hydrogens is 372 g/mol. The maximum atomic E-state index is 12.9. The van der Waals surface area contributed by atoms with E-state index in [2.05, 4.69) is 16.2 Å². The number of thiophene rings is 1. The number of aryl methyl sites for hydroxylation is 2. The minimum atomic E-state index is -0.175. The Morgan fingerprint density at radius 3 is 2.75 bits per heavy atom. The molecule has 0 aliphatic heterocycles. The summed E-state index contributed by atoms with van der Waals surface area (Å²) in [7, 11) is 1.60. The Kier molecular flexibility index (Phi) is 4.88. The highest BCUT2D eigenvalue weighted by Crippen LogP contribution is 2.39. The lowest BCUT2D eigenvalue weighted by molar-refractivity contribution is 0.414. The molecule has 28 heavy (non-hydrogen) atoms. The van der Waals surface area contributed by atoms with Crippen LogP contribution in [0.2, 0.25) is 0 Å². The Balaban J connectivity index is 1.69. The molecule has 0 saturated heterocycles. The van der Waals surface area contributed by atoms with Crippen LogP contribution in [-0.2, 0) is 12.8 Å². The van der Waals surface area contributed by atoms with Crippen LogP contribution in [0, 0.1) is 18.3 Å². The van der Waals surface area contributed by atoms with Crippen molar-refractivity contribution < 1.29 is 4.74 Å². The van der Waals surface area contributed by atoms with Gasteiger partial charge in [-0.15, -0.1) is 11.3 Å². The highest BCUT2D eigenvalue weighted by atomic mass is 32.1. The molecule has 2 heterocycles. The van der Waals surface area contributed by atoms with E-state index in [1.165, 1.54) is 9.56 Å². The molecule has 1 aliphatic carbocycles. The van der Waals surface area contributed by atoms with Gasteiger partial charge in [0.15, 0.2) is 0 Å². The van der Waals surface area contributed by atoms with Gasteiger partial charge in [-0.25, -0.2) is 9.67 Å². The van der Waals surface area contributed by atoms with E-state index < -0.39 is 0 Å². The van der Waals surface area contributed by atoms with E-state index >= 15 is 0 Å². The van der Waals surface area contributed by atoms with Gasteiger partial charge in [0.05, 0.1) is 23.9 Å². The lowest BCUT2D eigenvalue weighted by atomic mass is 9.96. The number of fused-ring (bicyclic) bond motifs is 1. The molecule has 1 aromatic carbocycles. The fourth-order valence-electron chi connectivity index (χ4n) is 3.51. The number of nitriles is 1. The van der Waals surface area contributed by atoms with Crippen molar-refractivity contribution in [2.75, 3.05) is 7.11 Å². The Morgan fingerprint density at radius 2 is 2.04 bits per heavy atom. The maximum Gasteiger partial charge on any atom is 0.280 e. The van der Waals surface area contributed by atoms with Crippen LogP contribution in [0.15, 0.2) is 34.1 Å². The standard InChI is InChI=1S/C21H20N4O2S/c1-13-18(21(26)25(24-13)14-7-9-15(27-2)10-8-14)12-23-20-17(11-22)16-5-3-4-6-19(16)28-20/h7-10,12,24H,3-6H2,1-2H3. The molecule has 7 heteroatoms. The summed E-state index contributed by atoms with van der Waals surface area (Å²) >= 11 is 1.57. The molecule has 0 spiro atoms. The number of aliphatic imine (C=N–C) groups is 1. The monoisotopic (exact) mass is 392 g/mol. The van der Waals surface area contributed by atoms with E-state index in [1.54, 1.807) is 36.8 Å². The van der Waals surface area contributed by atoms with Gasteiger partial charge in [-0.3, -0.25) is 9.89 Å². The van der Waals surface area contributed by atoms with Gasteiger partial charge in [-0.05, 0) is 62.4 Å². The third-order valence-corrected chi connectivity index (χ3v) is 6.22. The zero-order valence-corrected chi connectivity index (χ0v) is 16.6. The van der Waals surface area contributed by atoms with Crippen molar-refractivity contribution in [2.24, 2.45) is 4.99 Å². The lowest BCUT2D eigenvalue weighted by Gasteiger charge is -2.09. The van der Waals surface area contributed by atoms with Crippen LogP contribution in [-0.4, -0.2) is 23.1 Å². The Morgan fingerprint density at radius 1 is 1.29 bits per heavy atom. The van der Waals surface area contributed by atoms with Gasteiger partial charge in [0.1, 0.15) is 16.8 Å². The number of methoxy groups -OCH3 is 1. The molecule has 0 unspecified atom stereocenters. The fourth-order valence-corrected chi connectivity index (χ4v) is 4.69. The van der Waals surface area contributed by atoms with Crippen molar-refractivity contribution in [3.8, 4) is 17.5 Å². The first-order chi connectivity index (χ1) is 13.6. The number of H-pyrrole nitrogens is 1. The van der Waals surface area contributed by atoms with Crippen molar-refractivity contribution in [1.82, 2.24) is 9.78 Å². The summed E-state index contributed by atoms with van der Waals surface area (Å²) in [6, 6.07) is 9.55. The SMILES string of the molecule is COc1ccc(-n2[nH]c(C)c(C=Nc3sc4c(c3C#N)CCCC4)c2=O)cc1. The summed E-state index contributed by atoms with van der Waals surface area (Å²) < 4.78 is 6.65. The molecule has 1 N–H and O–H groups in total. The van der Waals surface area contributed by atoms with Gasteiger partial charge in [0.25, 0.3) is 5.56 Å². The predicted molar refractivity (Wildman–Crippen MR) is 111 cm³/mol. The molecule has 142 valence electrons. The topological polar surface area (TPSA) is 83.2 Å². The first-order valence-electron chi connectivity index (χ1n) is 9.17. The largest absolute Gasteiger partial charge is 0.497 e. The summed E-state index contributed by atoms with van der Waals surface area (Å²) in [4.78, 5) is 18.6. The summed E-state index contributed by atoms with van der Waals surface area (Å²) in [6.07, 6.45) is 5.80. The average Bonchev–Trinajstić information content (AvgIpc) is 3.22. The molecule has 3 aromatic rings. The molecule has 0 atom stereocenters. The first kappa shape index (κ1) is 18.3. The summed E-state index contributed by atoms with van der Waals surface area (Å²) in [5, 5.41) is 13.4. The summed E-state index contributed by atoms with van der Waals surface area (Å²) in [6.45, 7) is 1.84. The van der Waals surface area contributed by atoms with Crippen LogP contribution in [0.4, 0.5) is 5.00 Å². The number of aromatic amines is 1. The van der Waals surface area contributed by atoms with Crippen LogP contribution >= 0.6 is 11.3 Å². The third-order valence-electron chi connectivity index (χ3n) is 5.02. The number of ether oxygens (including phenoxy) is 1. The van der Waals surface area contributed by atoms with Gasteiger partial charge in [-0.2, -0.15) is 5.26 Å². The van der Waals surface area contributed by atoms with Crippen LogP contribution in [0.5, 0.6) is 5.75 Å². The normalized spacial score (nSPS) is 13.5. The zero-order chi connectivity index (χ0) is 19.7. The van der Waals surface area contributed by atoms with Gasteiger partial charge in [0, 0.05) is 16.8 Å². The van der Waals surface area contributed by atoms with Crippen molar-refractivity contribution in [1.29, 1.82) is 5.26 Å². The smallest absolute Gasteiger partial charge is 0.280 e. The highest BCUT2D eigenvalue weighted by molar-refractivity contribution is 7.16. The zero-order valence-electron chi connectivity index (χ0n) is 15.8. The Hall–Kier alpha value is -3.11. The number of aromatic nitrogens is 2. The summed E-state index contributed by atoms with van der Waals surface area (Å²) in [5.41, 5.74) is 3.58. The third kappa shape index (κ3) is 3.16. The molecule has 4 rings (SSSR count). The number of rotatable bonds is 4. The van der Waals surface area contributed by atoms with E-state index in [4.69, 9.17) is 4.74 Å². The number of nitrogens with one attached hydrogen (secondary N) is 1. The van der Waals surface area contributed by atoms with Crippen molar-refractivity contribution in [2.45, 2.75) is 32.6 Å². The van der Waals surface area contributed by atoms with Gasteiger partial charge in [0.2, 0.25) is 0 Å². The maximum absolute atomic E-state index is 12.9. The van der Waals surface area contributed by atoms with Crippen LogP contribution in [0.3, 0.4) is 0 Å². The molecule has 2 aromatic heterocycles. The molecule has 0 bridgehead atoms. The molecule has 0 amide bonds. The molecule has 1 aliphatic rings. The van der Waals surface area contributed by atoms with Crippen molar-refractivity contribution in [3.63, 3.8) is 0 Å². The van der Waals surface area contributed by atoms with Crippen molar-refractivity contribution >= 4 is 22.6 Å². The molecular formula is C21H20N4O2S. The predicted octanol–water partition coefficient (Wildman–Crippen LogP) is 4.05. The quantitative estimate of drug-likeness (QED) is 0.680. The number of nitrogens with zero attached hydrogens (tertiary/aromatic N) is 3. The van der Waals surface area contributed by atoms with E-state index in [0.29, 0.717) is 16.1 Å². The average molecular weight is 392 g/mol. The van der Waals surface area contributed by atoms with Crippen LogP contribution in [0.1, 0.15) is 40.1 Å². The van der Waals surface area contributed by atoms with E-state index in [0.717, 1.165) is 48.4 Å².